The molecule has 0 atom stereocenters. The summed E-state index contributed by atoms with van der Waals surface area (Å²) in [5, 5.41) is 4.33. The topological polar surface area (TPSA) is 24.3 Å². The van der Waals surface area contributed by atoms with E-state index in [4.69, 9.17) is 0 Å². The van der Waals surface area contributed by atoms with Crippen LogP contribution in [0.25, 0.3) is 0 Å². The molecule has 1 rings (SSSR count). The van der Waals surface area contributed by atoms with Crippen LogP contribution in [0, 0.1) is 0 Å². The van der Waals surface area contributed by atoms with Gasteiger partial charge in [0.2, 0.25) is 0 Å². The summed E-state index contributed by atoms with van der Waals surface area (Å²) in [7, 11) is 9.94. The van der Waals surface area contributed by atoms with Crippen molar-refractivity contribution in [1.29, 1.82) is 0 Å². The second kappa shape index (κ2) is 3.05. The van der Waals surface area contributed by atoms with Crippen LogP contribution in [-0.4, -0.2) is 38.0 Å². The summed E-state index contributed by atoms with van der Waals surface area (Å²) in [6.45, 7) is 0. The van der Waals surface area contributed by atoms with E-state index in [0.717, 1.165) is 11.6 Å². The van der Waals surface area contributed by atoms with Gasteiger partial charge in [0.25, 0.3) is 0 Å². The van der Waals surface area contributed by atoms with E-state index >= 15 is 0 Å². The smallest absolute Gasteiger partial charge is 0.152 e. The first kappa shape index (κ1) is 8.90. The van der Waals surface area contributed by atoms with Crippen molar-refractivity contribution in [3.05, 3.63) is 6.07 Å². The minimum absolute atomic E-state index is 0.987. The molecular weight excluding hydrogens is 152 g/mol. The van der Waals surface area contributed by atoms with Crippen LogP contribution in [0.5, 0.6) is 0 Å². The van der Waals surface area contributed by atoms with Gasteiger partial charge in [-0.25, -0.2) is 0 Å². The van der Waals surface area contributed by atoms with E-state index in [1.807, 2.05) is 49.7 Å². The molecule has 1 aromatic heterocycles. The number of hydrogen-bond donors (Lipinski definition) is 0. The zero-order valence-electron chi connectivity index (χ0n) is 8.37. The lowest BCUT2D eigenvalue weighted by Crippen LogP contribution is -2.12. The molecule has 0 saturated heterocycles. The lowest BCUT2D eigenvalue weighted by Gasteiger charge is -2.10. The average molecular weight is 168 g/mol. The summed E-state index contributed by atoms with van der Waals surface area (Å²) in [4.78, 5) is 4.03. The van der Waals surface area contributed by atoms with E-state index < -0.39 is 0 Å². The first-order chi connectivity index (χ1) is 5.52. The Morgan fingerprint density at radius 1 is 1.17 bits per heavy atom. The van der Waals surface area contributed by atoms with E-state index in [-0.39, 0.29) is 0 Å². The molecule has 0 unspecified atom stereocenters. The zero-order valence-corrected chi connectivity index (χ0v) is 8.37. The normalized spacial score (nSPS) is 10.1. The number of nitrogens with zero attached hydrogens (tertiary/aromatic N) is 4. The van der Waals surface area contributed by atoms with E-state index in [1.165, 1.54) is 0 Å². The number of aryl methyl sites for hydroxylation is 1. The predicted octanol–water partition coefficient (Wildman–Crippen LogP) is 0.552. The minimum atomic E-state index is 0.987. The maximum absolute atomic E-state index is 4.33. The Labute approximate surface area is 73.4 Å². The van der Waals surface area contributed by atoms with Crippen molar-refractivity contribution in [2.75, 3.05) is 38.0 Å². The molecule has 68 valence electrons. The Kier molecular flexibility index (Phi) is 2.26. The van der Waals surface area contributed by atoms with Crippen LogP contribution < -0.4 is 9.80 Å². The Morgan fingerprint density at radius 2 is 1.75 bits per heavy atom. The van der Waals surface area contributed by atoms with Crippen LogP contribution in [0.15, 0.2) is 6.07 Å². The maximum atomic E-state index is 4.33. The summed E-state index contributed by atoms with van der Waals surface area (Å²) in [5.74, 6) is 2.10. The molecule has 0 radical (unpaired) electrons. The summed E-state index contributed by atoms with van der Waals surface area (Å²) in [5.41, 5.74) is 0. The molecule has 4 nitrogen and oxygen atoms in total. The Hall–Kier alpha value is -1.19. The van der Waals surface area contributed by atoms with Crippen LogP contribution in [0.3, 0.4) is 0 Å². The standard InChI is InChI=1S/C8H16N4/c1-10(2)7-6-8(11(3)4)12(5)9-7/h6H,1-5H3. The van der Waals surface area contributed by atoms with Gasteiger partial charge in [0.1, 0.15) is 5.82 Å². The molecule has 0 saturated carbocycles. The van der Waals surface area contributed by atoms with Gasteiger partial charge in [0.05, 0.1) is 0 Å². The SMILES string of the molecule is CN(C)c1cc(N(C)C)n(C)n1. The molecule has 0 spiro atoms. The molecular formula is C8H16N4. The summed E-state index contributed by atoms with van der Waals surface area (Å²) >= 11 is 0. The van der Waals surface area contributed by atoms with E-state index in [1.54, 1.807) is 0 Å². The highest BCUT2D eigenvalue weighted by molar-refractivity contribution is 5.50. The highest BCUT2D eigenvalue weighted by Crippen LogP contribution is 2.17. The fraction of sp³-hybridized carbons (Fsp3) is 0.625. The Bertz CT molecular complexity index is 262. The van der Waals surface area contributed by atoms with Crippen molar-refractivity contribution in [1.82, 2.24) is 9.78 Å². The third-order valence-electron chi connectivity index (χ3n) is 1.76. The first-order valence-electron chi connectivity index (χ1n) is 3.91. The van der Waals surface area contributed by atoms with Gasteiger partial charge in [-0.2, -0.15) is 5.10 Å². The van der Waals surface area contributed by atoms with Gasteiger partial charge in [0.15, 0.2) is 5.82 Å². The molecule has 0 aromatic carbocycles. The van der Waals surface area contributed by atoms with Gasteiger partial charge >= 0.3 is 0 Å². The number of aromatic nitrogens is 2. The lowest BCUT2D eigenvalue weighted by molar-refractivity contribution is 0.750. The molecule has 0 aliphatic rings. The molecule has 0 bridgehead atoms. The quantitative estimate of drug-likeness (QED) is 0.644. The Balaban J connectivity index is 3.00. The largest absolute Gasteiger partial charge is 0.363 e. The molecule has 12 heavy (non-hydrogen) atoms. The average Bonchev–Trinajstić information content (AvgIpc) is 2.30. The highest BCUT2D eigenvalue weighted by atomic mass is 15.4. The molecule has 4 heteroatoms. The molecule has 0 aliphatic carbocycles. The molecule has 0 amide bonds. The van der Waals surface area contributed by atoms with Crippen molar-refractivity contribution in [2.45, 2.75) is 0 Å². The fourth-order valence-corrected chi connectivity index (χ4v) is 1.08. The highest BCUT2D eigenvalue weighted by Gasteiger charge is 2.06. The van der Waals surface area contributed by atoms with Gasteiger partial charge in [-0.05, 0) is 0 Å². The molecule has 0 fully saturated rings. The molecule has 1 aromatic rings. The lowest BCUT2D eigenvalue weighted by atomic mass is 10.5. The first-order valence-corrected chi connectivity index (χ1v) is 3.91. The third kappa shape index (κ3) is 1.52. The van der Waals surface area contributed by atoms with Gasteiger partial charge in [-0.3, -0.25) is 4.68 Å². The fourth-order valence-electron chi connectivity index (χ4n) is 1.08. The van der Waals surface area contributed by atoms with Crippen LogP contribution in [-0.2, 0) is 7.05 Å². The second-order valence-corrected chi connectivity index (χ2v) is 3.27. The van der Waals surface area contributed by atoms with Crippen LogP contribution in [0.1, 0.15) is 0 Å². The zero-order chi connectivity index (χ0) is 9.30. The van der Waals surface area contributed by atoms with Crippen molar-refractivity contribution in [3.8, 4) is 0 Å². The van der Waals surface area contributed by atoms with Crippen molar-refractivity contribution in [2.24, 2.45) is 7.05 Å². The summed E-state index contributed by atoms with van der Waals surface area (Å²) in [6.07, 6.45) is 0. The number of hydrogen-bond acceptors (Lipinski definition) is 3. The number of anilines is 2. The van der Waals surface area contributed by atoms with Gasteiger partial charge in [-0.15, -0.1) is 0 Å². The monoisotopic (exact) mass is 168 g/mol. The van der Waals surface area contributed by atoms with Crippen LogP contribution in [0.2, 0.25) is 0 Å². The van der Waals surface area contributed by atoms with Gasteiger partial charge in [0, 0.05) is 41.3 Å². The van der Waals surface area contributed by atoms with Crippen LogP contribution in [0.4, 0.5) is 11.6 Å². The second-order valence-electron chi connectivity index (χ2n) is 3.27. The predicted molar refractivity (Wildman–Crippen MR) is 51.9 cm³/mol. The van der Waals surface area contributed by atoms with Crippen molar-refractivity contribution in [3.63, 3.8) is 0 Å². The van der Waals surface area contributed by atoms with Crippen LogP contribution >= 0.6 is 0 Å². The van der Waals surface area contributed by atoms with Gasteiger partial charge in [-0.1, -0.05) is 0 Å². The van der Waals surface area contributed by atoms with E-state index in [9.17, 15) is 0 Å². The van der Waals surface area contributed by atoms with Gasteiger partial charge < -0.3 is 9.80 Å². The molecule has 0 N–H and O–H groups in total. The summed E-state index contributed by atoms with van der Waals surface area (Å²) < 4.78 is 1.87. The van der Waals surface area contributed by atoms with Crippen molar-refractivity contribution < 1.29 is 0 Å². The van der Waals surface area contributed by atoms with E-state index in [2.05, 4.69) is 11.2 Å². The Morgan fingerprint density at radius 3 is 2.00 bits per heavy atom. The summed E-state index contributed by atoms with van der Waals surface area (Å²) in [6, 6.07) is 2.06. The molecule has 0 aliphatic heterocycles. The maximum Gasteiger partial charge on any atom is 0.152 e. The number of rotatable bonds is 2. The third-order valence-corrected chi connectivity index (χ3v) is 1.76. The minimum Gasteiger partial charge on any atom is -0.363 e. The molecule has 1 heterocycles. The van der Waals surface area contributed by atoms with Crippen molar-refractivity contribution >= 4 is 11.6 Å². The van der Waals surface area contributed by atoms with E-state index in [0.29, 0.717) is 0 Å².